The molecule has 0 N–H and O–H groups in total. The fraction of sp³-hybridized carbons (Fsp3) is 0.333. The summed E-state index contributed by atoms with van der Waals surface area (Å²) >= 11 is 1.79. The van der Waals surface area contributed by atoms with Gasteiger partial charge in [0, 0.05) is 4.88 Å². The van der Waals surface area contributed by atoms with Gasteiger partial charge in [0.15, 0.2) is 18.1 Å². The Kier molecular flexibility index (Phi) is 4.63. The number of hydrogen-bond acceptors (Lipinski definition) is 7. The Morgan fingerprint density at radius 1 is 1.31 bits per heavy atom. The second-order valence-corrected chi connectivity index (χ2v) is 8.44. The molecule has 0 bridgehead atoms. The molecule has 1 aliphatic rings. The quantitative estimate of drug-likeness (QED) is 0.369. The monoisotopic (exact) mass is 407 g/mol. The van der Waals surface area contributed by atoms with Crippen LogP contribution in [0.1, 0.15) is 35.2 Å². The summed E-state index contributed by atoms with van der Waals surface area (Å²) in [5, 5.41) is 9.68. The van der Waals surface area contributed by atoms with Crippen molar-refractivity contribution in [3.63, 3.8) is 0 Å². The first-order valence-corrected chi connectivity index (χ1v) is 10.5. The van der Waals surface area contributed by atoms with Crippen LogP contribution in [0.25, 0.3) is 15.9 Å². The maximum atomic E-state index is 5.41. The number of hydrogen-bond donors (Lipinski definition) is 0. The molecule has 1 aliphatic carbocycles. The molecule has 7 nitrogen and oxygen atoms in total. The lowest BCUT2D eigenvalue weighted by Gasteiger charge is -2.17. The average Bonchev–Trinajstić information content (AvgIpc) is 3.31. The Bertz CT molecular complexity index is 1200. The van der Waals surface area contributed by atoms with Crippen molar-refractivity contribution >= 4 is 33.4 Å². The maximum Gasteiger partial charge on any atom is 0.192 e. The predicted octanol–water partition coefficient (Wildman–Crippen LogP) is 4.02. The van der Waals surface area contributed by atoms with Crippen LogP contribution in [0.4, 0.5) is 0 Å². The van der Waals surface area contributed by atoms with E-state index in [1.165, 1.54) is 16.9 Å². The minimum absolute atomic E-state index is 0.208. The van der Waals surface area contributed by atoms with E-state index in [0.29, 0.717) is 5.82 Å². The lowest BCUT2D eigenvalue weighted by atomic mass is 9.89. The van der Waals surface area contributed by atoms with Crippen molar-refractivity contribution in [3.8, 4) is 5.75 Å². The van der Waals surface area contributed by atoms with E-state index in [1.54, 1.807) is 35.5 Å². The van der Waals surface area contributed by atoms with Crippen molar-refractivity contribution < 1.29 is 9.57 Å². The molecule has 3 heterocycles. The zero-order valence-corrected chi connectivity index (χ0v) is 17.1. The van der Waals surface area contributed by atoms with E-state index in [1.807, 2.05) is 24.3 Å². The molecular formula is C21H21N5O2S. The van der Waals surface area contributed by atoms with Gasteiger partial charge in [-0.3, -0.25) is 0 Å². The van der Waals surface area contributed by atoms with Crippen LogP contribution < -0.4 is 4.74 Å². The van der Waals surface area contributed by atoms with Gasteiger partial charge in [-0.05, 0) is 60.6 Å². The number of aryl methyl sites for hydroxylation is 1. The van der Waals surface area contributed by atoms with Crippen LogP contribution in [-0.2, 0) is 24.3 Å². The molecule has 1 atom stereocenters. The van der Waals surface area contributed by atoms with E-state index in [-0.39, 0.29) is 6.61 Å². The first-order chi connectivity index (χ1) is 14.2. The van der Waals surface area contributed by atoms with Gasteiger partial charge < -0.3 is 9.57 Å². The highest BCUT2D eigenvalue weighted by molar-refractivity contribution is 7.19. The summed E-state index contributed by atoms with van der Waals surface area (Å²) in [6.45, 7) is 2.52. The second-order valence-electron chi connectivity index (χ2n) is 7.35. The van der Waals surface area contributed by atoms with Crippen LogP contribution in [-0.4, -0.2) is 32.9 Å². The van der Waals surface area contributed by atoms with Crippen LogP contribution in [0.2, 0.25) is 0 Å². The Balaban J connectivity index is 1.35. The van der Waals surface area contributed by atoms with E-state index >= 15 is 0 Å². The predicted molar refractivity (Wildman–Crippen MR) is 113 cm³/mol. The normalized spacial score (nSPS) is 16.6. The third-order valence-electron chi connectivity index (χ3n) is 5.26. The molecule has 8 heteroatoms. The minimum atomic E-state index is 0.208. The number of rotatable bonds is 5. The zero-order valence-electron chi connectivity index (χ0n) is 16.3. The third kappa shape index (κ3) is 3.44. The molecule has 0 saturated carbocycles. The van der Waals surface area contributed by atoms with E-state index in [2.05, 4.69) is 22.2 Å². The number of benzene rings is 1. The molecule has 5 rings (SSSR count). The molecule has 0 radical (unpaired) electrons. The topological polar surface area (TPSA) is 73.9 Å². The van der Waals surface area contributed by atoms with E-state index in [4.69, 9.17) is 14.6 Å². The first kappa shape index (κ1) is 18.1. The number of aromatic nitrogens is 4. The van der Waals surface area contributed by atoms with Crippen LogP contribution >= 0.6 is 11.3 Å². The van der Waals surface area contributed by atoms with Crippen LogP contribution in [0, 0.1) is 5.92 Å². The van der Waals surface area contributed by atoms with Gasteiger partial charge in [0.05, 0.1) is 18.7 Å². The van der Waals surface area contributed by atoms with Gasteiger partial charge in [-0.25, -0.2) is 14.5 Å². The van der Waals surface area contributed by atoms with Crippen molar-refractivity contribution in [1.29, 1.82) is 0 Å². The van der Waals surface area contributed by atoms with Crippen LogP contribution in [0.15, 0.2) is 35.7 Å². The number of thiophene rings is 1. The van der Waals surface area contributed by atoms with Gasteiger partial charge in [0.2, 0.25) is 0 Å². The van der Waals surface area contributed by atoms with Crippen molar-refractivity contribution in [2.45, 2.75) is 32.8 Å². The summed E-state index contributed by atoms with van der Waals surface area (Å²) in [5.74, 6) is 2.13. The molecular weight excluding hydrogens is 386 g/mol. The fourth-order valence-corrected chi connectivity index (χ4v) is 5.07. The molecule has 0 amide bonds. The molecule has 1 unspecified atom stereocenters. The molecule has 148 valence electrons. The highest BCUT2D eigenvalue weighted by Crippen LogP contribution is 2.38. The van der Waals surface area contributed by atoms with Crippen LogP contribution in [0.3, 0.4) is 0 Å². The standard InChI is InChI=1S/C21H21N5O2S/c1-13-3-8-16-17(9-13)29-21-19(16)20-24-18(25-26(20)12-22-21)11-28-23-10-14-4-6-15(27-2)7-5-14/h4-7,10,12-13H,3,8-9,11H2,1-2H3/b23-10+. The number of oxime groups is 1. The fourth-order valence-electron chi connectivity index (χ4n) is 3.73. The number of nitrogens with zero attached hydrogens (tertiary/aromatic N) is 5. The molecule has 0 fully saturated rings. The minimum Gasteiger partial charge on any atom is -0.497 e. The smallest absolute Gasteiger partial charge is 0.192 e. The summed E-state index contributed by atoms with van der Waals surface area (Å²) in [5.41, 5.74) is 3.19. The molecule has 1 aromatic carbocycles. The summed E-state index contributed by atoms with van der Waals surface area (Å²) in [7, 11) is 1.64. The molecule has 0 spiro atoms. The van der Waals surface area contributed by atoms with E-state index in [0.717, 1.165) is 45.9 Å². The van der Waals surface area contributed by atoms with Crippen molar-refractivity contribution in [3.05, 3.63) is 52.4 Å². The number of fused-ring (bicyclic) bond motifs is 5. The first-order valence-electron chi connectivity index (χ1n) is 9.65. The SMILES string of the molecule is COc1ccc(/C=N/OCc2nc3c4c5c(sc4ncn3n2)CC(C)CC5)cc1. The van der Waals surface area contributed by atoms with Gasteiger partial charge in [-0.2, -0.15) is 0 Å². The van der Waals surface area contributed by atoms with Crippen molar-refractivity contribution in [2.75, 3.05) is 7.11 Å². The Hall–Kier alpha value is -3.00. The summed E-state index contributed by atoms with van der Waals surface area (Å²) < 4.78 is 6.90. The summed E-state index contributed by atoms with van der Waals surface area (Å²) in [6.07, 6.45) is 6.82. The van der Waals surface area contributed by atoms with Crippen molar-refractivity contribution in [2.24, 2.45) is 11.1 Å². The average molecular weight is 407 g/mol. The molecule has 0 aliphatic heterocycles. The number of methoxy groups -OCH3 is 1. The Labute approximate surface area is 172 Å². The molecule has 4 aromatic rings. The lowest BCUT2D eigenvalue weighted by molar-refractivity contribution is 0.126. The zero-order chi connectivity index (χ0) is 19.8. The largest absolute Gasteiger partial charge is 0.497 e. The molecule has 29 heavy (non-hydrogen) atoms. The Morgan fingerprint density at radius 2 is 2.17 bits per heavy atom. The summed E-state index contributed by atoms with van der Waals surface area (Å²) in [4.78, 5) is 17.2. The number of ether oxygens (including phenoxy) is 1. The van der Waals surface area contributed by atoms with E-state index < -0.39 is 0 Å². The molecule has 0 saturated heterocycles. The lowest BCUT2D eigenvalue weighted by Crippen LogP contribution is -2.08. The van der Waals surface area contributed by atoms with Gasteiger partial charge in [-0.1, -0.05) is 12.1 Å². The maximum absolute atomic E-state index is 5.41. The highest BCUT2D eigenvalue weighted by Gasteiger charge is 2.23. The highest BCUT2D eigenvalue weighted by atomic mass is 32.1. The van der Waals surface area contributed by atoms with E-state index in [9.17, 15) is 0 Å². The summed E-state index contributed by atoms with van der Waals surface area (Å²) in [6, 6.07) is 7.59. The van der Waals surface area contributed by atoms with Gasteiger partial charge >= 0.3 is 0 Å². The van der Waals surface area contributed by atoms with Gasteiger partial charge in [0.1, 0.15) is 16.9 Å². The van der Waals surface area contributed by atoms with Crippen LogP contribution in [0.5, 0.6) is 5.75 Å². The Morgan fingerprint density at radius 3 is 3.00 bits per heavy atom. The van der Waals surface area contributed by atoms with Gasteiger partial charge in [0.25, 0.3) is 0 Å². The van der Waals surface area contributed by atoms with Gasteiger partial charge in [-0.15, -0.1) is 16.4 Å². The second kappa shape index (κ2) is 7.44. The third-order valence-corrected chi connectivity index (χ3v) is 6.42. The molecule has 3 aromatic heterocycles. The van der Waals surface area contributed by atoms with Crippen molar-refractivity contribution in [1.82, 2.24) is 19.6 Å².